The van der Waals surface area contributed by atoms with E-state index in [1.165, 1.54) is 11.1 Å². The van der Waals surface area contributed by atoms with Crippen molar-refractivity contribution in [2.45, 2.75) is 26.3 Å². The van der Waals surface area contributed by atoms with E-state index < -0.39 is 0 Å². The third kappa shape index (κ3) is 6.98. The molecule has 0 aromatic heterocycles. The molecule has 2 aromatic rings. The summed E-state index contributed by atoms with van der Waals surface area (Å²) in [6.45, 7) is 6.08. The maximum atomic E-state index is 6.03. The third-order valence-corrected chi connectivity index (χ3v) is 5.12. The van der Waals surface area contributed by atoms with Gasteiger partial charge in [-0.3, -0.25) is 9.89 Å². The molecule has 1 aliphatic rings. The molecule has 1 saturated heterocycles. The van der Waals surface area contributed by atoms with Gasteiger partial charge in [0, 0.05) is 18.8 Å². The number of likely N-dealkylation sites (tertiary alicyclic amines) is 1. The van der Waals surface area contributed by atoms with Crippen LogP contribution in [-0.4, -0.2) is 37.6 Å². The Hall–Kier alpha value is -1.80. The second kappa shape index (κ2) is 11.3. The summed E-state index contributed by atoms with van der Waals surface area (Å²) in [5, 5.41) is 3.17. The molecule has 1 heterocycles. The van der Waals surface area contributed by atoms with Gasteiger partial charge in [-0.1, -0.05) is 29.8 Å². The number of anilines is 1. The van der Waals surface area contributed by atoms with Crippen LogP contribution in [0, 0.1) is 12.8 Å². The Labute approximate surface area is 185 Å². The molecule has 6 heteroatoms. The van der Waals surface area contributed by atoms with Crippen LogP contribution in [0.25, 0.3) is 0 Å². The lowest BCUT2D eigenvalue weighted by molar-refractivity contribution is 0.180. The molecule has 3 rings (SSSR count). The summed E-state index contributed by atoms with van der Waals surface area (Å²) in [6.07, 6.45) is 2.33. The van der Waals surface area contributed by atoms with Crippen LogP contribution >= 0.6 is 24.0 Å². The lowest BCUT2D eigenvalue weighted by atomic mass is 9.96. The first kappa shape index (κ1) is 22.5. The van der Waals surface area contributed by atoms with E-state index in [1.807, 2.05) is 24.3 Å². The quantitative estimate of drug-likeness (QED) is 0.358. The van der Waals surface area contributed by atoms with Gasteiger partial charge in [-0.15, -0.1) is 24.0 Å². The highest BCUT2D eigenvalue weighted by Gasteiger charge is 2.19. The van der Waals surface area contributed by atoms with Gasteiger partial charge >= 0.3 is 0 Å². The molecule has 0 spiro atoms. The van der Waals surface area contributed by atoms with Crippen LogP contribution < -0.4 is 15.8 Å². The van der Waals surface area contributed by atoms with Crippen LogP contribution in [0.1, 0.15) is 24.0 Å². The fraction of sp³-hybridized carbons (Fsp3) is 0.409. The summed E-state index contributed by atoms with van der Waals surface area (Å²) in [4.78, 5) is 7.05. The maximum absolute atomic E-state index is 6.03. The predicted molar refractivity (Wildman–Crippen MR) is 128 cm³/mol. The number of nitrogens with two attached hydrogens (primary N) is 1. The summed E-state index contributed by atoms with van der Waals surface area (Å²) < 4.78 is 5.22. The number of benzene rings is 2. The van der Waals surface area contributed by atoms with Crippen molar-refractivity contribution < 1.29 is 4.74 Å². The van der Waals surface area contributed by atoms with E-state index in [0.717, 1.165) is 50.5 Å². The smallest absolute Gasteiger partial charge is 0.193 e. The maximum Gasteiger partial charge on any atom is 0.193 e. The van der Waals surface area contributed by atoms with Crippen molar-refractivity contribution in [3.8, 4) is 5.75 Å². The van der Waals surface area contributed by atoms with E-state index in [1.54, 1.807) is 7.11 Å². The summed E-state index contributed by atoms with van der Waals surface area (Å²) in [5.41, 5.74) is 9.58. The van der Waals surface area contributed by atoms with E-state index in [2.05, 4.69) is 46.4 Å². The van der Waals surface area contributed by atoms with Crippen molar-refractivity contribution in [1.82, 2.24) is 4.90 Å². The van der Waals surface area contributed by atoms with Crippen LogP contribution in [0.3, 0.4) is 0 Å². The number of halogens is 1. The first-order valence-corrected chi connectivity index (χ1v) is 9.61. The predicted octanol–water partition coefficient (Wildman–Crippen LogP) is 4.26. The molecular formula is C22H31IN4O. The number of aryl methyl sites for hydroxylation is 1. The van der Waals surface area contributed by atoms with Crippen LogP contribution in [-0.2, 0) is 6.54 Å². The Bertz CT molecular complexity index is 738. The van der Waals surface area contributed by atoms with Gasteiger partial charge in [-0.05, 0) is 68.6 Å². The van der Waals surface area contributed by atoms with E-state index in [0.29, 0.717) is 11.9 Å². The zero-order chi connectivity index (χ0) is 19.1. The summed E-state index contributed by atoms with van der Waals surface area (Å²) in [5.74, 6) is 2.02. The van der Waals surface area contributed by atoms with Gasteiger partial charge in [0.05, 0.1) is 7.11 Å². The fourth-order valence-corrected chi connectivity index (χ4v) is 3.37. The molecule has 0 aliphatic carbocycles. The largest absolute Gasteiger partial charge is 0.497 e. The highest BCUT2D eigenvalue weighted by molar-refractivity contribution is 14.0. The molecule has 152 valence electrons. The molecule has 3 N–H and O–H groups in total. The van der Waals surface area contributed by atoms with Crippen molar-refractivity contribution in [2.75, 3.05) is 32.1 Å². The van der Waals surface area contributed by atoms with Crippen molar-refractivity contribution >= 4 is 35.6 Å². The lowest BCUT2D eigenvalue weighted by Crippen LogP contribution is -2.34. The molecule has 0 amide bonds. The monoisotopic (exact) mass is 494 g/mol. The van der Waals surface area contributed by atoms with Gasteiger partial charge in [-0.25, -0.2) is 0 Å². The van der Waals surface area contributed by atoms with E-state index in [4.69, 9.17) is 10.5 Å². The van der Waals surface area contributed by atoms with Crippen molar-refractivity contribution in [3.05, 3.63) is 59.7 Å². The van der Waals surface area contributed by atoms with E-state index in [9.17, 15) is 0 Å². The number of hydrogen-bond donors (Lipinski definition) is 2. The zero-order valence-corrected chi connectivity index (χ0v) is 19.1. The van der Waals surface area contributed by atoms with Gasteiger partial charge in [0.1, 0.15) is 5.75 Å². The molecule has 5 nitrogen and oxygen atoms in total. The first-order chi connectivity index (χ1) is 13.1. The molecule has 1 fully saturated rings. The lowest BCUT2D eigenvalue weighted by Gasteiger charge is -2.31. The number of piperidine rings is 1. The second-order valence-corrected chi connectivity index (χ2v) is 7.28. The standard InChI is InChI=1S/C22H30N4O.HI/c1-17-3-7-20(8-4-17)25-22(23)24-15-18-11-13-26(14-12-18)16-19-5-9-21(27-2)10-6-19;/h3-10,18H,11-16H2,1-2H3,(H3,23,24,25);1H. The Morgan fingerprint density at radius 2 is 1.75 bits per heavy atom. The topological polar surface area (TPSA) is 62.9 Å². The minimum absolute atomic E-state index is 0. The van der Waals surface area contributed by atoms with Gasteiger partial charge in [0.15, 0.2) is 5.96 Å². The zero-order valence-electron chi connectivity index (χ0n) is 16.7. The summed E-state index contributed by atoms with van der Waals surface area (Å²) >= 11 is 0. The fourth-order valence-electron chi connectivity index (χ4n) is 3.37. The SMILES string of the molecule is COc1ccc(CN2CCC(CN=C(N)Nc3ccc(C)cc3)CC2)cc1.I. The minimum atomic E-state index is 0. The molecule has 2 aromatic carbocycles. The first-order valence-electron chi connectivity index (χ1n) is 9.61. The Balaban J connectivity index is 0.00000280. The Kier molecular flexibility index (Phi) is 9.05. The number of hydrogen-bond acceptors (Lipinski definition) is 3. The van der Waals surface area contributed by atoms with Crippen LogP contribution in [0.5, 0.6) is 5.75 Å². The number of rotatable bonds is 6. The molecule has 0 radical (unpaired) electrons. The van der Waals surface area contributed by atoms with Gasteiger partial charge in [-0.2, -0.15) is 0 Å². The van der Waals surface area contributed by atoms with Crippen LogP contribution in [0.4, 0.5) is 5.69 Å². The highest BCUT2D eigenvalue weighted by Crippen LogP contribution is 2.20. The molecule has 0 bridgehead atoms. The number of aliphatic imine (C=N–C) groups is 1. The van der Waals surface area contributed by atoms with Crippen LogP contribution in [0.15, 0.2) is 53.5 Å². The van der Waals surface area contributed by atoms with Gasteiger partial charge in [0.2, 0.25) is 0 Å². The second-order valence-electron chi connectivity index (χ2n) is 7.28. The molecule has 28 heavy (non-hydrogen) atoms. The van der Waals surface area contributed by atoms with Crippen molar-refractivity contribution in [3.63, 3.8) is 0 Å². The average molecular weight is 494 g/mol. The van der Waals surface area contributed by atoms with E-state index in [-0.39, 0.29) is 24.0 Å². The van der Waals surface area contributed by atoms with Gasteiger partial charge < -0.3 is 15.8 Å². The van der Waals surface area contributed by atoms with Gasteiger partial charge in [0.25, 0.3) is 0 Å². The van der Waals surface area contributed by atoms with E-state index >= 15 is 0 Å². The normalized spacial score (nSPS) is 15.7. The van der Waals surface area contributed by atoms with Crippen LogP contribution in [0.2, 0.25) is 0 Å². The van der Waals surface area contributed by atoms with Crippen molar-refractivity contribution in [2.24, 2.45) is 16.6 Å². The number of methoxy groups -OCH3 is 1. The minimum Gasteiger partial charge on any atom is -0.497 e. The molecule has 0 unspecified atom stereocenters. The Morgan fingerprint density at radius 3 is 2.36 bits per heavy atom. The highest BCUT2D eigenvalue weighted by atomic mass is 127. The number of nitrogens with zero attached hydrogens (tertiary/aromatic N) is 2. The molecule has 1 aliphatic heterocycles. The Morgan fingerprint density at radius 1 is 1.11 bits per heavy atom. The molecule has 0 atom stereocenters. The number of ether oxygens (including phenoxy) is 1. The summed E-state index contributed by atoms with van der Waals surface area (Å²) in [6, 6.07) is 16.5. The number of nitrogens with one attached hydrogen (secondary N) is 1. The number of guanidine groups is 1. The third-order valence-electron chi connectivity index (χ3n) is 5.12. The van der Waals surface area contributed by atoms with Crippen molar-refractivity contribution in [1.29, 1.82) is 0 Å². The average Bonchev–Trinajstić information content (AvgIpc) is 2.70. The summed E-state index contributed by atoms with van der Waals surface area (Å²) in [7, 11) is 1.70. The molecular weight excluding hydrogens is 463 g/mol. The molecule has 0 saturated carbocycles.